The molecule has 0 spiro atoms. The van der Waals surface area contributed by atoms with Gasteiger partial charge in [0.25, 0.3) is 0 Å². The first-order valence-electron chi connectivity index (χ1n) is 6.73. The molecule has 1 atom stereocenters. The number of benzene rings is 1. The van der Waals surface area contributed by atoms with E-state index in [0.29, 0.717) is 19.3 Å². The fraction of sp³-hybridized carbons (Fsp3) is 0.600. The topological polar surface area (TPSA) is 30.5 Å². The predicted octanol–water partition coefficient (Wildman–Crippen LogP) is 3.43. The lowest BCUT2D eigenvalue weighted by molar-refractivity contribution is 0.0378. The minimum absolute atomic E-state index is 0.0204. The molecule has 1 aromatic rings. The molecule has 1 rings (SSSR count). The summed E-state index contributed by atoms with van der Waals surface area (Å²) in [4.78, 5) is 0. The molecule has 1 unspecified atom stereocenters. The van der Waals surface area contributed by atoms with Crippen LogP contribution in [-0.2, 0) is 9.47 Å². The van der Waals surface area contributed by atoms with E-state index in [9.17, 15) is 0 Å². The zero-order valence-electron chi connectivity index (χ0n) is 12.0. The van der Waals surface area contributed by atoms with Gasteiger partial charge < -0.3 is 14.8 Å². The molecule has 0 fully saturated rings. The number of hydrogen-bond acceptors (Lipinski definition) is 3. The second kappa shape index (κ2) is 9.32. The van der Waals surface area contributed by atoms with Crippen LogP contribution in [0.25, 0.3) is 0 Å². The third kappa shape index (κ3) is 6.39. The highest BCUT2D eigenvalue weighted by Crippen LogP contribution is 2.25. The molecule has 0 aliphatic carbocycles. The van der Waals surface area contributed by atoms with E-state index in [-0.39, 0.29) is 6.10 Å². The summed E-state index contributed by atoms with van der Waals surface area (Å²) < 4.78 is 11.0. The van der Waals surface area contributed by atoms with Crippen LogP contribution in [0.2, 0.25) is 5.02 Å². The summed E-state index contributed by atoms with van der Waals surface area (Å²) in [6.45, 7) is 6.38. The Morgan fingerprint density at radius 2 is 1.95 bits per heavy atom. The molecular formula is C15H24ClNO2. The van der Waals surface area contributed by atoms with Crippen LogP contribution in [0.15, 0.2) is 24.3 Å². The Bertz CT molecular complexity index is 358. The summed E-state index contributed by atoms with van der Waals surface area (Å²) in [5.74, 6) is 0. The van der Waals surface area contributed by atoms with Crippen LogP contribution in [0.5, 0.6) is 0 Å². The largest absolute Gasteiger partial charge is 0.385 e. The fourth-order valence-corrected chi connectivity index (χ4v) is 2.02. The van der Waals surface area contributed by atoms with Crippen LogP contribution < -0.4 is 5.32 Å². The van der Waals surface area contributed by atoms with Gasteiger partial charge in [-0.2, -0.15) is 0 Å². The molecule has 0 saturated heterocycles. The molecule has 108 valence electrons. The highest BCUT2D eigenvalue weighted by molar-refractivity contribution is 6.31. The molecule has 3 nitrogen and oxygen atoms in total. The van der Waals surface area contributed by atoms with E-state index >= 15 is 0 Å². The number of hydrogen-bond donors (Lipinski definition) is 1. The Kier molecular flexibility index (Phi) is 8.07. The third-order valence-electron chi connectivity index (χ3n) is 2.78. The van der Waals surface area contributed by atoms with Crippen molar-refractivity contribution in [3.8, 4) is 0 Å². The number of ether oxygens (including phenoxy) is 2. The predicted molar refractivity (Wildman–Crippen MR) is 79.8 cm³/mol. The van der Waals surface area contributed by atoms with E-state index in [1.807, 2.05) is 24.3 Å². The second-order valence-corrected chi connectivity index (χ2v) is 5.20. The number of rotatable bonds is 9. The third-order valence-corrected chi connectivity index (χ3v) is 3.12. The highest BCUT2D eigenvalue weighted by Gasteiger charge is 2.15. The molecular weight excluding hydrogens is 262 g/mol. The molecule has 0 amide bonds. The quantitative estimate of drug-likeness (QED) is 0.705. The maximum atomic E-state index is 6.24. The van der Waals surface area contributed by atoms with Crippen molar-refractivity contribution in [2.75, 3.05) is 26.9 Å². The van der Waals surface area contributed by atoms with Gasteiger partial charge in [0, 0.05) is 43.5 Å². The molecule has 0 aromatic heterocycles. The molecule has 4 heteroatoms. The van der Waals surface area contributed by atoms with Crippen LogP contribution in [0.3, 0.4) is 0 Å². The molecule has 0 bridgehead atoms. The van der Waals surface area contributed by atoms with Gasteiger partial charge >= 0.3 is 0 Å². The Balaban J connectivity index is 2.60. The van der Waals surface area contributed by atoms with E-state index in [4.69, 9.17) is 21.1 Å². The van der Waals surface area contributed by atoms with Gasteiger partial charge in [-0.1, -0.05) is 43.6 Å². The van der Waals surface area contributed by atoms with Crippen molar-refractivity contribution in [2.24, 2.45) is 0 Å². The van der Waals surface area contributed by atoms with Crippen LogP contribution in [0, 0.1) is 0 Å². The summed E-state index contributed by atoms with van der Waals surface area (Å²) in [5, 5.41) is 4.15. The van der Waals surface area contributed by atoms with E-state index in [2.05, 4.69) is 19.2 Å². The van der Waals surface area contributed by atoms with Crippen molar-refractivity contribution < 1.29 is 9.47 Å². The SMILES string of the molecule is COCCCOC(CNC(C)C)c1ccccc1Cl. The van der Waals surface area contributed by atoms with Crippen LogP contribution >= 0.6 is 11.6 Å². The first-order valence-corrected chi connectivity index (χ1v) is 7.11. The minimum Gasteiger partial charge on any atom is -0.385 e. The minimum atomic E-state index is -0.0204. The molecule has 0 saturated carbocycles. The molecule has 0 heterocycles. The van der Waals surface area contributed by atoms with Crippen molar-refractivity contribution in [1.29, 1.82) is 0 Å². The van der Waals surface area contributed by atoms with Gasteiger partial charge in [-0.3, -0.25) is 0 Å². The summed E-state index contributed by atoms with van der Waals surface area (Å²) in [6.07, 6.45) is 0.868. The van der Waals surface area contributed by atoms with Crippen LogP contribution in [0.1, 0.15) is 31.9 Å². The number of nitrogens with one attached hydrogen (secondary N) is 1. The van der Waals surface area contributed by atoms with Gasteiger partial charge in [0.1, 0.15) is 0 Å². The zero-order valence-corrected chi connectivity index (χ0v) is 12.7. The summed E-state index contributed by atoms with van der Waals surface area (Å²) in [7, 11) is 1.70. The lowest BCUT2D eigenvalue weighted by Crippen LogP contribution is -2.29. The summed E-state index contributed by atoms with van der Waals surface area (Å²) in [6, 6.07) is 8.27. The second-order valence-electron chi connectivity index (χ2n) is 4.79. The number of methoxy groups -OCH3 is 1. The van der Waals surface area contributed by atoms with Gasteiger partial charge in [0.15, 0.2) is 0 Å². The molecule has 0 aliphatic rings. The van der Waals surface area contributed by atoms with Gasteiger partial charge in [-0.15, -0.1) is 0 Å². The molecule has 1 N–H and O–H groups in total. The van der Waals surface area contributed by atoms with Gasteiger partial charge in [0.2, 0.25) is 0 Å². The van der Waals surface area contributed by atoms with Crippen molar-refractivity contribution in [3.63, 3.8) is 0 Å². The Hall–Kier alpha value is -0.610. The molecule has 1 aromatic carbocycles. The van der Waals surface area contributed by atoms with Crippen molar-refractivity contribution in [1.82, 2.24) is 5.32 Å². The first kappa shape index (κ1) is 16.4. The van der Waals surface area contributed by atoms with E-state index < -0.39 is 0 Å². The van der Waals surface area contributed by atoms with E-state index in [1.165, 1.54) is 0 Å². The molecule has 0 aliphatic heterocycles. The fourth-order valence-electron chi connectivity index (χ4n) is 1.77. The Labute approximate surface area is 121 Å². The maximum absolute atomic E-state index is 6.24. The van der Waals surface area contributed by atoms with Gasteiger partial charge in [0.05, 0.1) is 6.10 Å². The smallest absolute Gasteiger partial charge is 0.0963 e. The van der Waals surface area contributed by atoms with E-state index in [1.54, 1.807) is 7.11 Å². The molecule has 0 radical (unpaired) electrons. The van der Waals surface area contributed by atoms with Gasteiger partial charge in [-0.25, -0.2) is 0 Å². The van der Waals surface area contributed by atoms with Crippen LogP contribution in [0.4, 0.5) is 0 Å². The van der Waals surface area contributed by atoms with Crippen molar-refractivity contribution >= 4 is 11.6 Å². The first-order chi connectivity index (χ1) is 9.15. The number of halogens is 1. The van der Waals surface area contributed by atoms with Gasteiger partial charge in [-0.05, 0) is 12.5 Å². The van der Waals surface area contributed by atoms with Crippen LogP contribution in [-0.4, -0.2) is 32.9 Å². The van der Waals surface area contributed by atoms with E-state index in [0.717, 1.165) is 23.6 Å². The average molecular weight is 286 g/mol. The zero-order chi connectivity index (χ0) is 14.1. The summed E-state index contributed by atoms with van der Waals surface area (Å²) >= 11 is 6.24. The highest BCUT2D eigenvalue weighted by atomic mass is 35.5. The molecule has 19 heavy (non-hydrogen) atoms. The lowest BCUT2D eigenvalue weighted by atomic mass is 10.1. The average Bonchev–Trinajstić information content (AvgIpc) is 2.39. The normalized spacial score (nSPS) is 12.9. The van der Waals surface area contributed by atoms with Crippen molar-refractivity contribution in [3.05, 3.63) is 34.9 Å². The van der Waals surface area contributed by atoms with Crippen molar-refractivity contribution in [2.45, 2.75) is 32.4 Å². The monoisotopic (exact) mass is 285 g/mol. The lowest BCUT2D eigenvalue weighted by Gasteiger charge is -2.21. The maximum Gasteiger partial charge on any atom is 0.0963 e. The standard InChI is InChI=1S/C15H24ClNO2/c1-12(2)17-11-15(19-10-6-9-18-3)13-7-4-5-8-14(13)16/h4-5,7-8,12,15,17H,6,9-11H2,1-3H3. The Morgan fingerprint density at radius 3 is 2.58 bits per heavy atom. The Morgan fingerprint density at radius 1 is 1.21 bits per heavy atom. The summed E-state index contributed by atoms with van der Waals surface area (Å²) in [5.41, 5.74) is 1.04.